The van der Waals surface area contributed by atoms with Gasteiger partial charge >= 0.3 is 5.97 Å². The topological polar surface area (TPSA) is 78.4 Å². The van der Waals surface area contributed by atoms with Gasteiger partial charge in [0.1, 0.15) is 0 Å². The summed E-state index contributed by atoms with van der Waals surface area (Å²) in [6.07, 6.45) is 5.88. The summed E-state index contributed by atoms with van der Waals surface area (Å²) in [5, 5.41) is 0. The van der Waals surface area contributed by atoms with Gasteiger partial charge < -0.3 is 10.9 Å². The van der Waals surface area contributed by atoms with Crippen LogP contribution in [0.5, 0.6) is 0 Å². The molecule has 3 N–H and O–H groups in total. The second kappa shape index (κ2) is 11.0. The van der Waals surface area contributed by atoms with Crippen molar-refractivity contribution in [1.82, 2.24) is 6.15 Å². The number of ketones is 1. The van der Waals surface area contributed by atoms with Gasteiger partial charge in [-0.1, -0.05) is 47.0 Å². The maximum atomic E-state index is 12.4. The predicted molar refractivity (Wildman–Crippen MR) is 78.4 cm³/mol. The Morgan fingerprint density at radius 3 is 1.58 bits per heavy atom. The van der Waals surface area contributed by atoms with Gasteiger partial charge in [0.2, 0.25) is 5.78 Å². The van der Waals surface area contributed by atoms with Crippen LogP contribution in [-0.4, -0.2) is 18.4 Å². The molecule has 0 amide bonds. The molecule has 0 rings (SSSR count). The number of Topliss-reactive ketones (excluding diaryl/α,β-unsaturated/α-hetero) is 1. The van der Waals surface area contributed by atoms with Crippen LogP contribution >= 0.6 is 0 Å². The fourth-order valence-electron chi connectivity index (χ4n) is 2.63. The minimum absolute atomic E-state index is 0. The highest BCUT2D eigenvalue weighted by molar-refractivity contribution is 6.35. The number of carbonyl (C=O) groups excluding carboxylic acids is 2. The predicted octanol–water partition coefficient (Wildman–Crippen LogP) is 4.06. The first kappa shape index (κ1) is 20.4. The summed E-state index contributed by atoms with van der Waals surface area (Å²) in [7, 11) is 0. The molecule has 0 saturated heterocycles. The van der Waals surface area contributed by atoms with E-state index in [0.29, 0.717) is 6.61 Å². The Morgan fingerprint density at radius 2 is 1.26 bits per heavy atom. The Balaban J connectivity index is 0. The van der Waals surface area contributed by atoms with Crippen LogP contribution in [0.15, 0.2) is 0 Å². The number of hydrogen-bond donors (Lipinski definition) is 1. The Morgan fingerprint density at radius 1 is 0.842 bits per heavy atom. The molecule has 0 bridgehead atoms. The van der Waals surface area contributed by atoms with E-state index in [0.717, 1.165) is 44.9 Å². The van der Waals surface area contributed by atoms with Crippen LogP contribution in [0.2, 0.25) is 0 Å². The molecular formula is C15H31NO3. The molecule has 0 aliphatic heterocycles. The largest absolute Gasteiger partial charge is 0.460 e. The average Bonchev–Trinajstić information content (AvgIpc) is 2.35. The zero-order valence-corrected chi connectivity index (χ0v) is 13.1. The molecule has 0 aliphatic rings. The fraction of sp³-hybridized carbons (Fsp3) is 0.867. The van der Waals surface area contributed by atoms with E-state index in [-0.39, 0.29) is 11.9 Å². The summed E-state index contributed by atoms with van der Waals surface area (Å²) in [5.41, 5.74) is -0.483. The van der Waals surface area contributed by atoms with Gasteiger partial charge in [-0.2, -0.15) is 0 Å². The van der Waals surface area contributed by atoms with Crippen LogP contribution in [0.3, 0.4) is 0 Å². The zero-order chi connectivity index (χ0) is 14.0. The molecule has 0 aromatic heterocycles. The molecular weight excluding hydrogens is 242 g/mol. The van der Waals surface area contributed by atoms with E-state index in [4.69, 9.17) is 4.74 Å². The van der Waals surface area contributed by atoms with E-state index < -0.39 is 11.4 Å². The third-order valence-corrected chi connectivity index (χ3v) is 3.29. The van der Waals surface area contributed by atoms with Crippen LogP contribution < -0.4 is 6.15 Å². The van der Waals surface area contributed by atoms with Gasteiger partial charge in [-0.05, 0) is 25.7 Å². The summed E-state index contributed by atoms with van der Waals surface area (Å²) in [4.78, 5) is 24.2. The Kier molecular flexibility index (Phi) is 11.8. The van der Waals surface area contributed by atoms with Gasteiger partial charge in [0.15, 0.2) is 0 Å². The van der Waals surface area contributed by atoms with Gasteiger partial charge in [-0.15, -0.1) is 0 Å². The van der Waals surface area contributed by atoms with Crippen molar-refractivity contribution in [3.63, 3.8) is 0 Å². The van der Waals surface area contributed by atoms with Gasteiger partial charge in [0.25, 0.3) is 0 Å². The molecule has 114 valence electrons. The first-order valence-electron chi connectivity index (χ1n) is 7.29. The zero-order valence-electron chi connectivity index (χ0n) is 13.1. The molecule has 0 unspecified atom stereocenters. The molecule has 4 nitrogen and oxygen atoms in total. The molecule has 0 atom stereocenters. The van der Waals surface area contributed by atoms with Crippen molar-refractivity contribution in [2.75, 3.05) is 6.61 Å². The molecule has 0 aromatic rings. The Hall–Kier alpha value is -0.900. The van der Waals surface area contributed by atoms with Crippen LogP contribution in [0.4, 0.5) is 0 Å². The number of esters is 1. The third-order valence-electron chi connectivity index (χ3n) is 3.29. The summed E-state index contributed by atoms with van der Waals surface area (Å²) in [6.45, 7) is 8.44. The quantitative estimate of drug-likeness (QED) is 0.481. The van der Waals surface area contributed by atoms with E-state index in [2.05, 4.69) is 20.8 Å². The van der Waals surface area contributed by atoms with Gasteiger partial charge in [-0.25, -0.2) is 4.79 Å². The molecule has 0 aromatic carbocycles. The smallest absolute Gasteiger partial charge is 0.375 e. The lowest BCUT2D eigenvalue weighted by Crippen LogP contribution is -2.37. The highest BCUT2D eigenvalue weighted by Gasteiger charge is 2.40. The third kappa shape index (κ3) is 6.19. The highest BCUT2D eigenvalue weighted by Crippen LogP contribution is 2.36. The van der Waals surface area contributed by atoms with Crippen molar-refractivity contribution >= 4 is 11.8 Å². The molecule has 0 aliphatic carbocycles. The number of carbonyl (C=O) groups is 2. The lowest BCUT2D eigenvalue weighted by atomic mass is 9.72. The van der Waals surface area contributed by atoms with Crippen LogP contribution in [-0.2, 0) is 14.3 Å². The lowest BCUT2D eigenvalue weighted by Gasteiger charge is -2.30. The fourth-order valence-corrected chi connectivity index (χ4v) is 2.63. The minimum Gasteiger partial charge on any atom is -0.460 e. The van der Waals surface area contributed by atoms with Crippen molar-refractivity contribution in [1.29, 1.82) is 0 Å². The van der Waals surface area contributed by atoms with Crippen molar-refractivity contribution in [2.45, 2.75) is 72.6 Å². The van der Waals surface area contributed by atoms with Crippen molar-refractivity contribution in [3.8, 4) is 0 Å². The second-order valence-electron chi connectivity index (χ2n) is 5.00. The number of rotatable bonds is 10. The van der Waals surface area contributed by atoms with E-state index in [1.165, 1.54) is 0 Å². The number of ether oxygens (including phenoxy) is 1. The minimum atomic E-state index is -0.632. The monoisotopic (exact) mass is 273 g/mol. The van der Waals surface area contributed by atoms with Crippen molar-refractivity contribution in [3.05, 3.63) is 0 Å². The normalized spacial score (nSPS) is 10.7. The van der Waals surface area contributed by atoms with Crippen LogP contribution in [0, 0.1) is 5.41 Å². The second-order valence-corrected chi connectivity index (χ2v) is 5.00. The molecule has 0 radical (unpaired) electrons. The first-order chi connectivity index (χ1) is 8.57. The van der Waals surface area contributed by atoms with E-state index >= 15 is 0 Å². The summed E-state index contributed by atoms with van der Waals surface area (Å²) in [5.74, 6) is -0.936. The molecule has 19 heavy (non-hydrogen) atoms. The molecule has 0 fully saturated rings. The van der Waals surface area contributed by atoms with Gasteiger partial charge in [-0.3, -0.25) is 4.79 Å². The molecule has 0 spiro atoms. The van der Waals surface area contributed by atoms with Crippen LogP contribution in [0.25, 0.3) is 0 Å². The molecule has 4 heteroatoms. The number of hydrogen-bond acceptors (Lipinski definition) is 4. The first-order valence-corrected chi connectivity index (χ1v) is 7.29. The van der Waals surface area contributed by atoms with Crippen molar-refractivity contribution in [2.24, 2.45) is 5.41 Å². The highest BCUT2D eigenvalue weighted by atomic mass is 16.5. The SMILES string of the molecule is CCCOC(=O)C(=O)C(CCC)(CCC)CCC.N. The maximum absolute atomic E-state index is 12.4. The van der Waals surface area contributed by atoms with Crippen molar-refractivity contribution < 1.29 is 14.3 Å². The van der Waals surface area contributed by atoms with E-state index in [9.17, 15) is 9.59 Å². The Bertz CT molecular complexity index is 247. The summed E-state index contributed by atoms with van der Waals surface area (Å²) < 4.78 is 5.01. The van der Waals surface area contributed by atoms with Gasteiger partial charge in [0.05, 0.1) is 6.61 Å². The summed E-state index contributed by atoms with van der Waals surface area (Å²) in [6, 6.07) is 0. The van der Waals surface area contributed by atoms with Gasteiger partial charge in [0, 0.05) is 5.41 Å². The standard InChI is InChI=1S/C15H28O3.H3N/c1-5-9-15(10-6-2,11-7-3)13(16)14(17)18-12-8-4;/h5-12H2,1-4H3;1H3. The van der Waals surface area contributed by atoms with E-state index in [1.54, 1.807) is 0 Å². The average molecular weight is 273 g/mol. The molecule has 0 saturated carbocycles. The molecule has 0 heterocycles. The summed E-state index contributed by atoms with van der Waals surface area (Å²) >= 11 is 0. The van der Waals surface area contributed by atoms with Crippen LogP contribution in [0.1, 0.15) is 72.6 Å². The Labute approximate surface area is 117 Å². The maximum Gasteiger partial charge on any atom is 0.375 e. The lowest BCUT2D eigenvalue weighted by molar-refractivity contribution is -0.159. The van der Waals surface area contributed by atoms with E-state index in [1.807, 2.05) is 6.92 Å².